The lowest BCUT2D eigenvalue weighted by Gasteiger charge is -2.09. The molecule has 24 heavy (non-hydrogen) atoms. The first-order valence-electron chi connectivity index (χ1n) is 6.79. The van der Waals surface area contributed by atoms with Gasteiger partial charge in [-0.2, -0.15) is 13.2 Å². The molecule has 0 aliphatic heterocycles. The lowest BCUT2D eigenvalue weighted by Crippen LogP contribution is -2.08. The molecule has 0 aliphatic rings. The molecule has 0 fully saturated rings. The second-order valence-corrected chi connectivity index (χ2v) is 5.20. The Balaban J connectivity index is 2.11. The van der Waals surface area contributed by atoms with Crippen molar-refractivity contribution in [1.29, 1.82) is 0 Å². The van der Waals surface area contributed by atoms with Gasteiger partial charge in [0, 0.05) is 17.8 Å². The molecule has 0 unspecified atom stereocenters. The molecule has 0 heterocycles. The smallest absolute Gasteiger partial charge is 0.417 e. The van der Waals surface area contributed by atoms with Gasteiger partial charge in [-0.3, -0.25) is 4.79 Å². The van der Waals surface area contributed by atoms with Crippen LogP contribution in [-0.4, -0.2) is 13.0 Å². The molecule has 0 radical (unpaired) electrons. The van der Waals surface area contributed by atoms with Crippen LogP contribution in [0, 0.1) is 0 Å². The molecular formula is C17H13ClF3NO2. The maximum atomic E-state index is 12.8. The Morgan fingerprint density at radius 2 is 1.96 bits per heavy atom. The number of alkyl halides is 3. The van der Waals surface area contributed by atoms with Crippen LogP contribution in [0.3, 0.4) is 0 Å². The first-order chi connectivity index (χ1) is 11.3. The zero-order valence-electron chi connectivity index (χ0n) is 12.5. The monoisotopic (exact) mass is 355 g/mol. The van der Waals surface area contributed by atoms with E-state index < -0.39 is 17.6 Å². The minimum atomic E-state index is -4.55. The number of benzene rings is 2. The highest BCUT2D eigenvalue weighted by atomic mass is 35.5. The molecule has 2 aromatic rings. The molecule has 2 rings (SSSR count). The highest BCUT2D eigenvalue weighted by Crippen LogP contribution is 2.35. The molecule has 7 heteroatoms. The molecule has 0 aliphatic carbocycles. The van der Waals surface area contributed by atoms with E-state index >= 15 is 0 Å². The minimum Gasteiger partial charge on any atom is -0.497 e. The van der Waals surface area contributed by atoms with E-state index in [0.717, 1.165) is 18.2 Å². The lowest BCUT2D eigenvalue weighted by molar-refractivity contribution is -0.137. The predicted molar refractivity (Wildman–Crippen MR) is 87.1 cm³/mol. The van der Waals surface area contributed by atoms with E-state index in [4.69, 9.17) is 16.3 Å². The fraction of sp³-hybridized carbons (Fsp3) is 0.118. The van der Waals surface area contributed by atoms with Crippen LogP contribution in [0.15, 0.2) is 48.5 Å². The van der Waals surface area contributed by atoms with Gasteiger partial charge in [0.2, 0.25) is 5.91 Å². The number of anilines is 1. The zero-order valence-corrected chi connectivity index (χ0v) is 13.3. The number of methoxy groups -OCH3 is 1. The van der Waals surface area contributed by atoms with Gasteiger partial charge in [0.05, 0.1) is 17.7 Å². The third kappa shape index (κ3) is 4.76. The van der Waals surface area contributed by atoms with Gasteiger partial charge in [-0.25, -0.2) is 0 Å². The highest BCUT2D eigenvalue weighted by Gasteiger charge is 2.33. The largest absolute Gasteiger partial charge is 0.497 e. The Morgan fingerprint density at radius 3 is 2.62 bits per heavy atom. The number of rotatable bonds is 4. The molecule has 0 bridgehead atoms. The second kappa shape index (κ2) is 7.40. The van der Waals surface area contributed by atoms with E-state index in [1.54, 1.807) is 24.3 Å². The number of carbonyl (C=O) groups is 1. The molecule has 0 saturated carbocycles. The average molecular weight is 356 g/mol. The van der Waals surface area contributed by atoms with Gasteiger partial charge in [-0.1, -0.05) is 23.7 Å². The predicted octanol–water partition coefficient (Wildman–Crippen LogP) is 5.02. The number of hydrogen-bond donors (Lipinski definition) is 1. The summed E-state index contributed by atoms with van der Waals surface area (Å²) < 4.78 is 43.4. The molecule has 0 spiro atoms. The molecule has 3 nitrogen and oxygen atoms in total. The van der Waals surface area contributed by atoms with Gasteiger partial charge in [0.1, 0.15) is 5.75 Å². The lowest BCUT2D eigenvalue weighted by atomic mass is 10.1. The van der Waals surface area contributed by atoms with Gasteiger partial charge in [-0.15, -0.1) is 0 Å². The molecule has 1 N–H and O–H groups in total. The standard InChI is InChI=1S/C17H13ClF3NO2/c1-24-13-4-2-3-12(10-13)22-16(23)8-6-11-5-7-15(18)14(9-11)17(19,20)21/h2-10H,1H3,(H,22,23)/b8-6+. The number of ether oxygens (including phenoxy) is 1. The molecule has 0 aromatic heterocycles. The van der Waals surface area contributed by atoms with Crippen LogP contribution in [0.4, 0.5) is 18.9 Å². The summed E-state index contributed by atoms with van der Waals surface area (Å²) in [6.07, 6.45) is -2.13. The summed E-state index contributed by atoms with van der Waals surface area (Å²) in [4.78, 5) is 11.8. The van der Waals surface area contributed by atoms with Crippen LogP contribution < -0.4 is 10.1 Å². The first kappa shape index (κ1) is 17.9. The summed E-state index contributed by atoms with van der Waals surface area (Å²) in [5.74, 6) is 0.0936. The van der Waals surface area contributed by atoms with Crippen molar-refractivity contribution in [2.24, 2.45) is 0 Å². The normalized spacial score (nSPS) is 11.5. The molecule has 2 aromatic carbocycles. The van der Waals surface area contributed by atoms with E-state index in [2.05, 4.69) is 5.32 Å². The quantitative estimate of drug-likeness (QED) is 0.782. The van der Waals surface area contributed by atoms with Crippen molar-refractivity contribution in [3.63, 3.8) is 0 Å². The van der Waals surface area contributed by atoms with Gasteiger partial charge in [-0.05, 0) is 35.9 Å². The Morgan fingerprint density at radius 1 is 1.21 bits per heavy atom. The topological polar surface area (TPSA) is 38.3 Å². The maximum absolute atomic E-state index is 12.8. The number of hydrogen-bond acceptors (Lipinski definition) is 2. The zero-order chi connectivity index (χ0) is 17.7. The van der Waals surface area contributed by atoms with Crippen molar-refractivity contribution in [3.8, 4) is 5.75 Å². The Bertz CT molecular complexity index is 773. The average Bonchev–Trinajstić information content (AvgIpc) is 2.53. The van der Waals surface area contributed by atoms with Gasteiger partial charge in [0.15, 0.2) is 0 Å². The van der Waals surface area contributed by atoms with Crippen molar-refractivity contribution in [1.82, 2.24) is 0 Å². The molecule has 126 valence electrons. The van der Waals surface area contributed by atoms with Crippen LogP contribution in [0.5, 0.6) is 5.75 Å². The number of halogens is 4. The molecular weight excluding hydrogens is 343 g/mol. The Labute approximate surface area is 141 Å². The summed E-state index contributed by atoms with van der Waals surface area (Å²) in [5, 5.41) is 2.20. The summed E-state index contributed by atoms with van der Waals surface area (Å²) in [6.45, 7) is 0. The molecule has 0 atom stereocenters. The van der Waals surface area contributed by atoms with Crippen LogP contribution in [0.1, 0.15) is 11.1 Å². The summed E-state index contributed by atoms with van der Waals surface area (Å²) >= 11 is 5.54. The van der Waals surface area contributed by atoms with Gasteiger partial charge < -0.3 is 10.1 Å². The van der Waals surface area contributed by atoms with Crippen molar-refractivity contribution in [2.45, 2.75) is 6.18 Å². The van der Waals surface area contributed by atoms with E-state index in [0.29, 0.717) is 11.4 Å². The van der Waals surface area contributed by atoms with E-state index in [-0.39, 0.29) is 10.6 Å². The third-order valence-electron chi connectivity index (χ3n) is 3.06. The maximum Gasteiger partial charge on any atom is 0.417 e. The molecule has 1 amide bonds. The van der Waals surface area contributed by atoms with E-state index in [1.165, 1.54) is 19.3 Å². The number of amides is 1. The van der Waals surface area contributed by atoms with Crippen molar-refractivity contribution < 1.29 is 22.7 Å². The van der Waals surface area contributed by atoms with Crippen molar-refractivity contribution in [2.75, 3.05) is 12.4 Å². The van der Waals surface area contributed by atoms with Crippen molar-refractivity contribution in [3.05, 3.63) is 64.7 Å². The Kier molecular flexibility index (Phi) is 5.51. The number of carbonyl (C=O) groups excluding carboxylic acids is 1. The summed E-state index contributed by atoms with van der Waals surface area (Å²) in [6, 6.07) is 10.1. The number of nitrogens with one attached hydrogen (secondary N) is 1. The van der Waals surface area contributed by atoms with Crippen molar-refractivity contribution >= 4 is 29.3 Å². The van der Waals surface area contributed by atoms with E-state index in [9.17, 15) is 18.0 Å². The first-order valence-corrected chi connectivity index (χ1v) is 7.17. The fourth-order valence-electron chi connectivity index (χ4n) is 1.92. The van der Waals surface area contributed by atoms with E-state index in [1.807, 2.05) is 0 Å². The van der Waals surface area contributed by atoms with Crippen LogP contribution in [0.2, 0.25) is 5.02 Å². The van der Waals surface area contributed by atoms with Crippen LogP contribution in [0.25, 0.3) is 6.08 Å². The molecule has 0 saturated heterocycles. The summed E-state index contributed by atoms with van der Waals surface area (Å²) in [7, 11) is 1.50. The highest BCUT2D eigenvalue weighted by molar-refractivity contribution is 6.31. The van der Waals surface area contributed by atoms with Crippen LogP contribution >= 0.6 is 11.6 Å². The fourth-order valence-corrected chi connectivity index (χ4v) is 2.15. The third-order valence-corrected chi connectivity index (χ3v) is 3.39. The summed E-state index contributed by atoms with van der Waals surface area (Å²) in [5.41, 5.74) is -0.219. The second-order valence-electron chi connectivity index (χ2n) is 4.79. The Hall–Kier alpha value is -2.47. The minimum absolute atomic E-state index is 0.215. The van der Waals surface area contributed by atoms with Gasteiger partial charge in [0.25, 0.3) is 0 Å². The SMILES string of the molecule is COc1cccc(NC(=O)/C=C/c2ccc(Cl)c(C(F)(F)F)c2)c1. The van der Waals surface area contributed by atoms with Crippen LogP contribution in [-0.2, 0) is 11.0 Å². The van der Waals surface area contributed by atoms with Gasteiger partial charge >= 0.3 is 6.18 Å².